The zero-order valence-corrected chi connectivity index (χ0v) is 12.5. The summed E-state index contributed by atoms with van der Waals surface area (Å²) >= 11 is 1.66. The maximum Gasteiger partial charge on any atom is 0.160 e. The van der Waals surface area contributed by atoms with Gasteiger partial charge < -0.3 is 0 Å². The van der Waals surface area contributed by atoms with E-state index in [1.54, 1.807) is 11.3 Å². The highest BCUT2D eigenvalue weighted by molar-refractivity contribution is 7.07. The molecule has 0 saturated carbocycles. The average Bonchev–Trinajstić information content (AvgIpc) is 3.16. The molecule has 1 fully saturated rings. The summed E-state index contributed by atoms with van der Waals surface area (Å²) in [5.74, 6) is 1.54. The molecule has 21 heavy (non-hydrogen) atoms. The molecule has 1 aliphatic rings. The van der Waals surface area contributed by atoms with Crippen LogP contribution in [0, 0.1) is 0 Å². The van der Waals surface area contributed by atoms with Crippen LogP contribution in [0.15, 0.2) is 35.3 Å². The second-order valence-electron chi connectivity index (χ2n) is 5.54. The van der Waals surface area contributed by atoms with Crippen LogP contribution < -0.4 is 0 Å². The van der Waals surface area contributed by atoms with Crippen LogP contribution in [0.3, 0.4) is 0 Å². The van der Waals surface area contributed by atoms with Crippen molar-refractivity contribution in [2.75, 3.05) is 13.1 Å². The molecule has 1 saturated heterocycles. The summed E-state index contributed by atoms with van der Waals surface area (Å²) in [6.07, 6.45) is 4.45. The molecule has 5 nitrogen and oxygen atoms in total. The summed E-state index contributed by atoms with van der Waals surface area (Å²) in [4.78, 5) is 6.87. The zero-order valence-electron chi connectivity index (χ0n) is 11.7. The van der Waals surface area contributed by atoms with Gasteiger partial charge in [0.1, 0.15) is 5.82 Å². The second kappa shape index (κ2) is 5.54. The topological polar surface area (TPSA) is 46.3 Å². The van der Waals surface area contributed by atoms with Crippen LogP contribution in [0.1, 0.15) is 30.3 Å². The molecule has 4 rings (SSSR count). The summed E-state index contributed by atoms with van der Waals surface area (Å²) in [5.41, 5.74) is 4.01. The van der Waals surface area contributed by atoms with Gasteiger partial charge in [0.05, 0.1) is 11.2 Å². The predicted molar refractivity (Wildman–Crippen MR) is 82.4 cm³/mol. The molecule has 3 aromatic heterocycles. The number of rotatable bonds is 3. The molecule has 0 N–H and O–H groups in total. The molecule has 1 atom stereocenters. The summed E-state index contributed by atoms with van der Waals surface area (Å²) in [5, 5.41) is 10.8. The van der Waals surface area contributed by atoms with Crippen molar-refractivity contribution in [3.05, 3.63) is 46.8 Å². The molecule has 0 radical (unpaired) electrons. The molecule has 0 aliphatic carbocycles. The zero-order chi connectivity index (χ0) is 14.1. The molecule has 0 aromatic carbocycles. The maximum absolute atomic E-state index is 4.42. The number of aromatic nitrogens is 4. The minimum Gasteiger partial charge on any atom is -0.297 e. The number of hydrogen-bond acceptors (Lipinski definition) is 5. The van der Waals surface area contributed by atoms with Crippen LogP contribution in [0.25, 0.3) is 5.65 Å². The van der Waals surface area contributed by atoms with Crippen molar-refractivity contribution in [3.8, 4) is 0 Å². The van der Waals surface area contributed by atoms with Gasteiger partial charge in [0.2, 0.25) is 0 Å². The van der Waals surface area contributed by atoms with Crippen LogP contribution in [0.4, 0.5) is 0 Å². The summed E-state index contributed by atoms with van der Waals surface area (Å²) in [6, 6.07) is 6.05. The van der Waals surface area contributed by atoms with Crippen LogP contribution in [-0.2, 0) is 6.54 Å². The van der Waals surface area contributed by atoms with Crippen LogP contribution in [-0.4, -0.2) is 37.6 Å². The fraction of sp³-hybridized carbons (Fsp3) is 0.400. The lowest BCUT2D eigenvalue weighted by Gasteiger charge is -2.31. The minimum atomic E-state index is 0.454. The number of pyridine rings is 1. The number of likely N-dealkylation sites (tertiary alicyclic amines) is 1. The van der Waals surface area contributed by atoms with E-state index in [1.807, 2.05) is 23.7 Å². The fourth-order valence-electron chi connectivity index (χ4n) is 3.09. The Morgan fingerprint density at radius 3 is 3.19 bits per heavy atom. The molecule has 0 unspecified atom stereocenters. The normalized spacial score (nSPS) is 20.1. The van der Waals surface area contributed by atoms with Crippen molar-refractivity contribution >= 4 is 17.0 Å². The lowest BCUT2D eigenvalue weighted by atomic mass is 9.97. The summed E-state index contributed by atoms with van der Waals surface area (Å²) in [6.45, 7) is 3.12. The van der Waals surface area contributed by atoms with E-state index in [1.165, 1.54) is 18.5 Å². The first-order chi connectivity index (χ1) is 10.4. The first-order valence-electron chi connectivity index (χ1n) is 7.29. The van der Waals surface area contributed by atoms with E-state index in [-0.39, 0.29) is 0 Å². The van der Waals surface area contributed by atoms with Gasteiger partial charge in [-0.3, -0.25) is 9.30 Å². The molecule has 0 spiro atoms. The minimum absolute atomic E-state index is 0.454. The van der Waals surface area contributed by atoms with Crippen LogP contribution >= 0.6 is 11.3 Å². The molecule has 6 heteroatoms. The van der Waals surface area contributed by atoms with Gasteiger partial charge in [-0.15, -0.1) is 21.5 Å². The number of nitrogens with zero attached hydrogens (tertiary/aromatic N) is 5. The highest BCUT2D eigenvalue weighted by Crippen LogP contribution is 2.26. The van der Waals surface area contributed by atoms with Gasteiger partial charge in [0, 0.05) is 30.6 Å². The quantitative estimate of drug-likeness (QED) is 0.746. The van der Waals surface area contributed by atoms with Gasteiger partial charge >= 0.3 is 0 Å². The number of piperidine rings is 1. The first kappa shape index (κ1) is 12.9. The standard InChI is InChI=1S/C15H17N5S/c1-2-7-20-14(5-1)17-18-15(20)12-4-3-6-19(8-12)9-13-10-21-11-16-13/h1-2,5,7,10-12H,3-4,6,8-9H2/t12-/m0/s1. The van der Waals surface area contributed by atoms with Crippen molar-refractivity contribution in [1.29, 1.82) is 0 Å². The third kappa shape index (κ3) is 2.56. The third-order valence-corrected chi connectivity index (χ3v) is 4.72. The van der Waals surface area contributed by atoms with Crippen molar-refractivity contribution in [1.82, 2.24) is 24.5 Å². The van der Waals surface area contributed by atoms with Gasteiger partial charge in [0.15, 0.2) is 5.65 Å². The summed E-state index contributed by atoms with van der Waals surface area (Å²) < 4.78 is 2.12. The Bertz CT molecular complexity index is 721. The molecule has 0 amide bonds. The lowest BCUT2D eigenvalue weighted by molar-refractivity contribution is 0.194. The highest BCUT2D eigenvalue weighted by Gasteiger charge is 2.25. The van der Waals surface area contributed by atoms with E-state index in [2.05, 4.69) is 36.1 Å². The molecule has 4 heterocycles. The Balaban J connectivity index is 1.55. The number of thiazole rings is 1. The second-order valence-corrected chi connectivity index (χ2v) is 6.26. The van der Waals surface area contributed by atoms with E-state index in [0.717, 1.165) is 31.1 Å². The molecule has 0 bridgehead atoms. The Hall–Kier alpha value is -1.79. The van der Waals surface area contributed by atoms with E-state index in [0.29, 0.717) is 5.92 Å². The Labute approximate surface area is 127 Å². The monoisotopic (exact) mass is 299 g/mol. The smallest absolute Gasteiger partial charge is 0.160 e. The van der Waals surface area contributed by atoms with Gasteiger partial charge in [-0.05, 0) is 31.5 Å². The van der Waals surface area contributed by atoms with Crippen LogP contribution in [0.5, 0.6) is 0 Å². The number of fused-ring (bicyclic) bond motifs is 1. The molecule has 108 valence electrons. The molecule has 1 aliphatic heterocycles. The van der Waals surface area contributed by atoms with Crippen molar-refractivity contribution in [2.45, 2.75) is 25.3 Å². The van der Waals surface area contributed by atoms with Gasteiger partial charge in [-0.25, -0.2) is 4.98 Å². The first-order valence-corrected chi connectivity index (χ1v) is 8.23. The predicted octanol–water partition coefficient (Wildman–Crippen LogP) is 2.57. The average molecular weight is 299 g/mol. The molecular formula is C15H17N5S. The van der Waals surface area contributed by atoms with E-state index < -0.39 is 0 Å². The third-order valence-electron chi connectivity index (χ3n) is 4.08. The lowest BCUT2D eigenvalue weighted by Crippen LogP contribution is -2.34. The summed E-state index contributed by atoms with van der Waals surface area (Å²) in [7, 11) is 0. The van der Waals surface area contributed by atoms with Crippen molar-refractivity contribution < 1.29 is 0 Å². The van der Waals surface area contributed by atoms with Gasteiger partial charge in [-0.1, -0.05) is 6.07 Å². The Kier molecular flexibility index (Phi) is 3.40. The maximum atomic E-state index is 4.42. The molecular weight excluding hydrogens is 282 g/mol. The Morgan fingerprint density at radius 1 is 1.29 bits per heavy atom. The molecule has 3 aromatic rings. The van der Waals surface area contributed by atoms with E-state index in [4.69, 9.17) is 0 Å². The Morgan fingerprint density at radius 2 is 2.29 bits per heavy atom. The van der Waals surface area contributed by atoms with Crippen molar-refractivity contribution in [3.63, 3.8) is 0 Å². The van der Waals surface area contributed by atoms with E-state index >= 15 is 0 Å². The van der Waals surface area contributed by atoms with Crippen molar-refractivity contribution in [2.24, 2.45) is 0 Å². The highest BCUT2D eigenvalue weighted by atomic mass is 32.1. The van der Waals surface area contributed by atoms with Gasteiger partial charge in [-0.2, -0.15) is 0 Å². The van der Waals surface area contributed by atoms with E-state index in [9.17, 15) is 0 Å². The fourth-order valence-corrected chi connectivity index (χ4v) is 3.64. The SMILES string of the molecule is c1ccn2c([C@H]3CCCN(Cc4cscn4)C3)nnc2c1. The van der Waals surface area contributed by atoms with Crippen LogP contribution in [0.2, 0.25) is 0 Å². The largest absolute Gasteiger partial charge is 0.297 e. The van der Waals surface area contributed by atoms with Gasteiger partial charge in [0.25, 0.3) is 0 Å². The number of hydrogen-bond donors (Lipinski definition) is 0.